The third-order valence-electron chi connectivity index (χ3n) is 3.80. The number of ether oxygens (including phenoxy) is 1. The number of aryl methyl sites for hydroxylation is 2. The summed E-state index contributed by atoms with van der Waals surface area (Å²) in [6.45, 7) is 7.55. The Labute approximate surface area is 127 Å². The van der Waals surface area contributed by atoms with Gasteiger partial charge in [0.2, 0.25) is 0 Å². The maximum Gasteiger partial charge on any atom is 0.0932 e. The lowest BCUT2D eigenvalue weighted by Crippen LogP contribution is -2.27. The first-order valence-electron chi connectivity index (χ1n) is 7.88. The lowest BCUT2D eigenvalue weighted by molar-refractivity contribution is 0.195. The van der Waals surface area contributed by atoms with Crippen LogP contribution in [-0.2, 0) is 17.6 Å². The minimum Gasteiger partial charge on any atom is -0.385 e. The fourth-order valence-corrected chi connectivity index (χ4v) is 4.02. The molecule has 4 heteroatoms. The molecular weight excluding hydrogens is 268 g/mol. The molecule has 0 bridgehead atoms. The highest BCUT2D eigenvalue weighted by molar-refractivity contribution is 7.11. The summed E-state index contributed by atoms with van der Waals surface area (Å²) < 4.78 is 5.13. The van der Waals surface area contributed by atoms with E-state index in [1.54, 1.807) is 12.0 Å². The van der Waals surface area contributed by atoms with Crippen molar-refractivity contribution in [3.05, 3.63) is 15.6 Å². The largest absolute Gasteiger partial charge is 0.385 e. The van der Waals surface area contributed by atoms with Gasteiger partial charge in [-0.1, -0.05) is 13.8 Å². The molecule has 3 nitrogen and oxygen atoms in total. The average Bonchev–Trinajstić information content (AvgIpc) is 2.82. The van der Waals surface area contributed by atoms with Crippen LogP contribution in [0.3, 0.4) is 0 Å². The molecule has 0 amide bonds. The molecule has 1 N–H and O–H groups in total. The van der Waals surface area contributed by atoms with E-state index in [-0.39, 0.29) is 0 Å². The van der Waals surface area contributed by atoms with Crippen LogP contribution in [0.4, 0.5) is 0 Å². The lowest BCUT2D eigenvalue weighted by atomic mass is 9.91. The second-order valence-electron chi connectivity index (χ2n) is 6.15. The van der Waals surface area contributed by atoms with Gasteiger partial charge in [0.25, 0.3) is 0 Å². The van der Waals surface area contributed by atoms with Crippen LogP contribution in [0, 0.1) is 5.92 Å². The molecule has 0 aliphatic heterocycles. The Morgan fingerprint density at radius 1 is 1.45 bits per heavy atom. The van der Waals surface area contributed by atoms with Gasteiger partial charge in [-0.3, -0.25) is 0 Å². The van der Waals surface area contributed by atoms with Crippen molar-refractivity contribution in [3.8, 4) is 0 Å². The van der Waals surface area contributed by atoms with Crippen LogP contribution >= 0.6 is 11.3 Å². The summed E-state index contributed by atoms with van der Waals surface area (Å²) >= 11 is 1.93. The average molecular weight is 296 g/mol. The fraction of sp³-hybridized carbons (Fsp3) is 0.812. The van der Waals surface area contributed by atoms with Gasteiger partial charge in [0.05, 0.1) is 10.7 Å². The van der Waals surface area contributed by atoms with Gasteiger partial charge in [0.1, 0.15) is 0 Å². The summed E-state index contributed by atoms with van der Waals surface area (Å²) in [6.07, 6.45) is 5.99. The SMILES string of the molecule is COCCCc1nc2c(s1)CCCC2CNCC(C)C. The number of rotatable bonds is 8. The van der Waals surface area contributed by atoms with Crippen LogP contribution in [0.25, 0.3) is 0 Å². The van der Waals surface area contributed by atoms with Crippen molar-refractivity contribution < 1.29 is 4.74 Å². The van der Waals surface area contributed by atoms with E-state index < -0.39 is 0 Å². The zero-order chi connectivity index (χ0) is 14.4. The molecule has 114 valence electrons. The van der Waals surface area contributed by atoms with E-state index in [0.717, 1.165) is 38.5 Å². The summed E-state index contributed by atoms with van der Waals surface area (Å²) in [5.74, 6) is 1.35. The van der Waals surface area contributed by atoms with Gasteiger partial charge in [-0.15, -0.1) is 11.3 Å². The molecule has 1 aliphatic rings. The summed E-state index contributed by atoms with van der Waals surface area (Å²) in [7, 11) is 1.77. The number of hydrogen-bond acceptors (Lipinski definition) is 4. The predicted molar refractivity (Wildman–Crippen MR) is 85.7 cm³/mol. The molecule has 1 aromatic rings. The molecular formula is C16H28N2OS. The Bertz CT molecular complexity index is 403. The molecule has 1 heterocycles. The molecule has 0 saturated carbocycles. The Morgan fingerprint density at radius 3 is 3.05 bits per heavy atom. The van der Waals surface area contributed by atoms with Gasteiger partial charge in [-0.25, -0.2) is 4.98 Å². The van der Waals surface area contributed by atoms with Crippen molar-refractivity contribution in [1.82, 2.24) is 10.3 Å². The van der Waals surface area contributed by atoms with E-state index in [0.29, 0.717) is 5.92 Å². The van der Waals surface area contributed by atoms with Gasteiger partial charge in [-0.2, -0.15) is 0 Å². The normalized spacial score (nSPS) is 18.5. The molecule has 2 rings (SSSR count). The fourth-order valence-electron chi connectivity index (χ4n) is 2.78. The topological polar surface area (TPSA) is 34.1 Å². The van der Waals surface area contributed by atoms with Crippen molar-refractivity contribution in [3.63, 3.8) is 0 Å². The summed E-state index contributed by atoms with van der Waals surface area (Å²) in [5, 5.41) is 4.91. The number of methoxy groups -OCH3 is 1. The molecule has 1 unspecified atom stereocenters. The maximum absolute atomic E-state index is 5.13. The minimum absolute atomic E-state index is 0.630. The van der Waals surface area contributed by atoms with E-state index in [9.17, 15) is 0 Å². The Balaban J connectivity index is 1.92. The number of aromatic nitrogens is 1. The Hall–Kier alpha value is -0.450. The quantitative estimate of drug-likeness (QED) is 0.747. The maximum atomic E-state index is 5.13. The molecule has 0 saturated heterocycles. The van der Waals surface area contributed by atoms with Crippen LogP contribution in [-0.4, -0.2) is 31.8 Å². The summed E-state index contributed by atoms with van der Waals surface area (Å²) in [5.41, 5.74) is 1.39. The van der Waals surface area contributed by atoms with Crippen molar-refractivity contribution in [2.45, 2.75) is 51.9 Å². The smallest absolute Gasteiger partial charge is 0.0932 e. The van der Waals surface area contributed by atoms with Gasteiger partial charge < -0.3 is 10.1 Å². The van der Waals surface area contributed by atoms with E-state index >= 15 is 0 Å². The molecule has 0 aromatic carbocycles. The molecule has 1 aliphatic carbocycles. The zero-order valence-corrected chi connectivity index (χ0v) is 13.9. The van der Waals surface area contributed by atoms with Crippen LogP contribution in [0.1, 0.15) is 54.6 Å². The van der Waals surface area contributed by atoms with Crippen molar-refractivity contribution in [2.75, 3.05) is 26.8 Å². The third kappa shape index (κ3) is 4.54. The predicted octanol–water partition coefficient (Wildman–Crippen LogP) is 3.39. The van der Waals surface area contributed by atoms with Crippen molar-refractivity contribution in [1.29, 1.82) is 0 Å². The van der Waals surface area contributed by atoms with E-state index in [1.165, 1.54) is 30.0 Å². The van der Waals surface area contributed by atoms with E-state index in [2.05, 4.69) is 19.2 Å². The standard InChI is InChI=1S/C16H28N2OS/c1-12(2)10-17-11-13-6-4-7-14-16(13)18-15(20-14)8-5-9-19-3/h12-13,17H,4-11H2,1-3H3. The molecule has 0 fully saturated rings. The molecule has 0 radical (unpaired) electrons. The zero-order valence-electron chi connectivity index (χ0n) is 13.1. The first-order chi connectivity index (χ1) is 9.70. The highest BCUT2D eigenvalue weighted by atomic mass is 32.1. The van der Waals surface area contributed by atoms with E-state index in [1.807, 2.05) is 11.3 Å². The third-order valence-corrected chi connectivity index (χ3v) is 4.99. The Kier molecular flexibility index (Phi) is 6.46. The Morgan fingerprint density at radius 2 is 2.30 bits per heavy atom. The van der Waals surface area contributed by atoms with Crippen LogP contribution in [0.15, 0.2) is 0 Å². The highest BCUT2D eigenvalue weighted by Crippen LogP contribution is 2.34. The number of hydrogen-bond donors (Lipinski definition) is 1. The molecule has 1 aromatic heterocycles. The first-order valence-corrected chi connectivity index (χ1v) is 8.70. The van der Waals surface area contributed by atoms with Crippen LogP contribution in [0.5, 0.6) is 0 Å². The van der Waals surface area contributed by atoms with Crippen molar-refractivity contribution in [2.24, 2.45) is 5.92 Å². The van der Waals surface area contributed by atoms with E-state index in [4.69, 9.17) is 9.72 Å². The summed E-state index contributed by atoms with van der Waals surface area (Å²) in [4.78, 5) is 6.47. The molecule has 0 spiro atoms. The van der Waals surface area contributed by atoms with Gasteiger partial charge in [0.15, 0.2) is 0 Å². The number of thiazole rings is 1. The van der Waals surface area contributed by atoms with Gasteiger partial charge in [-0.05, 0) is 38.1 Å². The van der Waals surface area contributed by atoms with Gasteiger partial charge >= 0.3 is 0 Å². The monoisotopic (exact) mass is 296 g/mol. The number of nitrogens with one attached hydrogen (secondary N) is 1. The second-order valence-corrected chi connectivity index (χ2v) is 7.32. The lowest BCUT2D eigenvalue weighted by Gasteiger charge is -2.22. The molecule has 1 atom stereocenters. The minimum atomic E-state index is 0.630. The van der Waals surface area contributed by atoms with Crippen LogP contribution < -0.4 is 5.32 Å². The van der Waals surface area contributed by atoms with Gasteiger partial charge in [0, 0.05) is 37.5 Å². The molecule has 20 heavy (non-hydrogen) atoms. The van der Waals surface area contributed by atoms with Crippen LogP contribution in [0.2, 0.25) is 0 Å². The first kappa shape index (κ1) is 15.9. The van der Waals surface area contributed by atoms with Crippen molar-refractivity contribution >= 4 is 11.3 Å². The summed E-state index contributed by atoms with van der Waals surface area (Å²) in [6, 6.07) is 0. The number of nitrogens with zero attached hydrogens (tertiary/aromatic N) is 1. The highest BCUT2D eigenvalue weighted by Gasteiger charge is 2.24. The number of fused-ring (bicyclic) bond motifs is 1. The second kappa shape index (κ2) is 8.11.